The molecular weight excluding hydrogens is 289 g/mol. The fraction of sp³-hybridized carbons (Fsp3) is 0.333. The van der Waals surface area contributed by atoms with Gasteiger partial charge in [0.25, 0.3) is 11.6 Å². The number of alkyl halides is 1. The highest BCUT2D eigenvalue weighted by atomic mass is 35.5. The summed E-state index contributed by atoms with van der Waals surface area (Å²) in [7, 11) is 0. The smallest absolute Gasteiger partial charge is 0.285 e. The van der Waals surface area contributed by atoms with E-state index in [9.17, 15) is 14.5 Å². The molecule has 0 amide bonds. The minimum atomic E-state index is -0.707. The zero-order valence-corrected chi connectivity index (χ0v) is 11.3. The Morgan fingerprint density at radius 3 is 2.95 bits per heavy atom. The van der Waals surface area contributed by atoms with E-state index < -0.39 is 21.8 Å². The van der Waals surface area contributed by atoms with Crippen LogP contribution < -0.4 is 0 Å². The molecule has 0 saturated carbocycles. The Labute approximate surface area is 118 Å². The highest BCUT2D eigenvalue weighted by Gasteiger charge is 2.23. The molecule has 0 fully saturated rings. The number of nitro benzene ring substituents is 1. The molecule has 0 aliphatic heterocycles. The quantitative estimate of drug-likeness (QED) is 0.475. The molecule has 0 bridgehead atoms. The van der Waals surface area contributed by atoms with Gasteiger partial charge in [-0.25, -0.2) is 4.39 Å². The first-order valence-corrected chi connectivity index (χ1v) is 6.38. The number of halogens is 2. The van der Waals surface area contributed by atoms with E-state index in [4.69, 9.17) is 16.1 Å². The van der Waals surface area contributed by atoms with Crippen LogP contribution in [0.25, 0.3) is 11.5 Å². The number of hydrogen-bond donors (Lipinski definition) is 0. The maximum Gasteiger partial charge on any atom is 0.285 e. The molecule has 1 aromatic carbocycles. The van der Waals surface area contributed by atoms with Crippen molar-refractivity contribution < 1.29 is 13.8 Å². The monoisotopic (exact) mass is 299 g/mol. The first kappa shape index (κ1) is 14.4. The molecule has 1 heterocycles. The van der Waals surface area contributed by atoms with Crippen LogP contribution in [0.4, 0.5) is 10.1 Å². The molecule has 0 saturated heterocycles. The third kappa shape index (κ3) is 2.93. The van der Waals surface area contributed by atoms with Crippen molar-refractivity contribution in [1.82, 2.24) is 10.1 Å². The zero-order valence-electron chi connectivity index (χ0n) is 10.5. The Balaban J connectivity index is 2.40. The van der Waals surface area contributed by atoms with Crippen LogP contribution in [0.5, 0.6) is 0 Å². The molecule has 1 aromatic heterocycles. The van der Waals surface area contributed by atoms with Gasteiger partial charge in [-0.3, -0.25) is 10.1 Å². The number of hydrogen-bond acceptors (Lipinski definition) is 5. The van der Waals surface area contributed by atoms with Gasteiger partial charge in [-0.2, -0.15) is 4.98 Å². The van der Waals surface area contributed by atoms with Crippen LogP contribution in [0.1, 0.15) is 31.0 Å². The minimum absolute atomic E-state index is 0.0477. The summed E-state index contributed by atoms with van der Waals surface area (Å²) in [5.74, 6) is -0.489. The maximum absolute atomic E-state index is 13.1. The number of rotatable bonds is 5. The molecule has 1 atom stereocenters. The van der Waals surface area contributed by atoms with Gasteiger partial charge < -0.3 is 4.52 Å². The lowest BCUT2D eigenvalue weighted by molar-refractivity contribution is -0.384. The number of benzene rings is 1. The number of nitro groups is 1. The first-order chi connectivity index (χ1) is 9.52. The van der Waals surface area contributed by atoms with Gasteiger partial charge in [0, 0.05) is 0 Å². The predicted molar refractivity (Wildman–Crippen MR) is 69.8 cm³/mol. The Hall–Kier alpha value is -2.02. The van der Waals surface area contributed by atoms with Gasteiger partial charge in [0.15, 0.2) is 5.82 Å². The van der Waals surface area contributed by atoms with E-state index in [0.29, 0.717) is 6.42 Å². The van der Waals surface area contributed by atoms with E-state index in [1.165, 1.54) is 6.07 Å². The SMILES string of the molecule is CCCC(Cl)c1noc(-c2ccc(F)cc2[N+](=O)[O-])n1. The predicted octanol–water partition coefficient (Wildman–Crippen LogP) is 3.86. The Bertz CT molecular complexity index is 632. The summed E-state index contributed by atoms with van der Waals surface area (Å²) in [4.78, 5) is 14.2. The molecule has 1 unspecified atom stereocenters. The third-order valence-electron chi connectivity index (χ3n) is 2.65. The summed E-state index contributed by atoms with van der Waals surface area (Å²) in [5.41, 5.74) is -0.364. The number of nitrogens with zero attached hydrogens (tertiary/aromatic N) is 3. The molecule has 8 heteroatoms. The molecule has 0 spiro atoms. The van der Waals surface area contributed by atoms with Gasteiger partial charge in [0.2, 0.25) is 0 Å². The van der Waals surface area contributed by atoms with Gasteiger partial charge in [-0.05, 0) is 18.6 Å². The second-order valence-corrected chi connectivity index (χ2v) is 4.66. The molecule has 0 aliphatic rings. The van der Waals surface area contributed by atoms with Crippen molar-refractivity contribution >= 4 is 17.3 Å². The Kier molecular flexibility index (Phi) is 4.29. The first-order valence-electron chi connectivity index (χ1n) is 5.95. The van der Waals surface area contributed by atoms with E-state index >= 15 is 0 Å². The second-order valence-electron chi connectivity index (χ2n) is 4.13. The van der Waals surface area contributed by atoms with Gasteiger partial charge >= 0.3 is 0 Å². The van der Waals surface area contributed by atoms with Crippen molar-refractivity contribution in [2.75, 3.05) is 0 Å². The van der Waals surface area contributed by atoms with E-state index in [1.807, 2.05) is 6.92 Å². The van der Waals surface area contributed by atoms with E-state index in [2.05, 4.69) is 10.1 Å². The molecule has 0 aliphatic carbocycles. The molecule has 6 nitrogen and oxygen atoms in total. The summed E-state index contributed by atoms with van der Waals surface area (Å²) in [6, 6.07) is 3.13. The van der Waals surface area contributed by atoms with Crippen LogP contribution in [-0.2, 0) is 0 Å². The Morgan fingerprint density at radius 1 is 1.55 bits per heavy atom. The molecule has 0 N–H and O–H groups in total. The van der Waals surface area contributed by atoms with Crippen molar-refractivity contribution in [1.29, 1.82) is 0 Å². The largest absolute Gasteiger partial charge is 0.334 e. The summed E-state index contributed by atoms with van der Waals surface area (Å²) >= 11 is 6.06. The van der Waals surface area contributed by atoms with E-state index in [1.54, 1.807) is 0 Å². The van der Waals surface area contributed by atoms with Gasteiger partial charge in [0.05, 0.1) is 16.4 Å². The highest BCUT2D eigenvalue weighted by Crippen LogP contribution is 2.31. The van der Waals surface area contributed by atoms with Crippen molar-refractivity contribution in [2.45, 2.75) is 25.1 Å². The minimum Gasteiger partial charge on any atom is -0.334 e. The lowest BCUT2D eigenvalue weighted by atomic mass is 10.1. The standard InChI is InChI=1S/C12H11ClFN3O3/c1-2-3-9(13)11-15-12(20-16-11)8-5-4-7(14)6-10(8)17(18)19/h4-6,9H,2-3H2,1H3. The van der Waals surface area contributed by atoms with Crippen LogP contribution in [0.3, 0.4) is 0 Å². The summed E-state index contributed by atoms with van der Waals surface area (Å²) < 4.78 is 18.0. The van der Waals surface area contributed by atoms with E-state index in [-0.39, 0.29) is 17.3 Å². The molecule has 0 radical (unpaired) electrons. The molecular formula is C12H11ClFN3O3. The summed E-state index contributed by atoms with van der Waals surface area (Å²) in [5, 5.41) is 14.2. The fourth-order valence-electron chi connectivity index (χ4n) is 1.69. The molecule has 106 valence electrons. The fourth-order valence-corrected chi connectivity index (χ4v) is 2.00. The van der Waals surface area contributed by atoms with Gasteiger partial charge in [0.1, 0.15) is 11.4 Å². The average Bonchev–Trinajstić information content (AvgIpc) is 2.88. The molecule has 2 rings (SSSR count). The van der Waals surface area contributed by atoms with Crippen molar-refractivity contribution in [3.63, 3.8) is 0 Å². The third-order valence-corrected chi connectivity index (χ3v) is 3.06. The van der Waals surface area contributed by atoms with Crippen molar-refractivity contribution in [3.05, 3.63) is 40.0 Å². The van der Waals surface area contributed by atoms with Crippen LogP contribution >= 0.6 is 11.6 Å². The van der Waals surface area contributed by atoms with Gasteiger partial charge in [-0.1, -0.05) is 18.5 Å². The lowest BCUT2D eigenvalue weighted by Crippen LogP contribution is -1.95. The van der Waals surface area contributed by atoms with Crippen LogP contribution in [-0.4, -0.2) is 15.1 Å². The summed E-state index contributed by atoms with van der Waals surface area (Å²) in [6.45, 7) is 1.96. The van der Waals surface area contributed by atoms with Crippen molar-refractivity contribution in [3.8, 4) is 11.5 Å². The Morgan fingerprint density at radius 2 is 2.30 bits per heavy atom. The summed E-state index contributed by atoms with van der Waals surface area (Å²) in [6.07, 6.45) is 1.50. The molecule has 2 aromatic rings. The topological polar surface area (TPSA) is 82.1 Å². The van der Waals surface area contributed by atoms with E-state index in [0.717, 1.165) is 18.6 Å². The van der Waals surface area contributed by atoms with Crippen molar-refractivity contribution in [2.24, 2.45) is 0 Å². The van der Waals surface area contributed by atoms with Crippen LogP contribution in [0.15, 0.2) is 22.7 Å². The van der Waals surface area contributed by atoms with Gasteiger partial charge in [-0.15, -0.1) is 11.6 Å². The maximum atomic E-state index is 13.1. The second kappa shape index (κ2) is 5.96. The average molecular weight is 300 g/mol. The van der Waals surface area contributed by atoms with Crippen LogP contribution in [0.2, 0.25) is 0 Å². The lowest BCUT2D eigenvalue weighted by Gasteiger charge is -2.00. The van der Waals surface area contributed by atoms with Crippen LogP contribution in [0, 0.1) is 15.9 Å². The normalized spacial score (nSPS) is 12.3. The highest BCUT2D eigenvalue weighted by molar-refractivity contribution is 6.20. The number of aromatic nitrogens is 2. The molecule has 20 heavy (non-hydrogen) atoms. The zero-order chi connectivity index (χ0) is 14.7.